The smallest absolute Gasteiger partial charge is 0.255 e. The van der Waals surface area contributed by atoms with Crippen molar-refractivity contribution in [2.75, 3.05) is 20.2 Å². The Kier molecular flexibility index (Phi) is 4.83. The summed E-state index contributed by atoms with van der Waals surface area (Å²) in [5, 5.41) is 3.99. The third-order valence-electron chi connectivity index (χ3n) is 5.93. The second kappa shape index (κ2) is 7.27. The van der Waals surface area contributed by atoms with Gasteiger partial charge in [-0.15, -0.1) is 0 Å². The van der Waals surface area contributed by atoms with Gasteiger partial charge < -0.3 is 15.0 Å². The second-order valence-electron chi connectivity index (χ2n) is 7.70. The Hall–Kier alpha value is -2.47. The quantitative estimate of drug-likeness (QED) is 0.903. The lowest BCUT2D eigenvalue weighted by Crippen LogP contribution is -2.49. The first-order valence-corrected chi connectivity index (χ1v) is 9.49. The lowest BCUT2D eigenvalue weighted by Gasteiger charge is -2.37. The highest BCUT2D eigenvalue weighted by molar-refractivity contribution is 5.97. The van der Waals surface area contributed by atoms with Crippen LogP contribution in [-0.4, -0.2) is 54.0 Å². The molecule has 0 spiro atoms. The number of rotatable bonds is 3. The molecule has 2 amide bonds. The zero-order chi connectivity index (χ0) is 19.0. The van der Waals surface area contributed by atoms with Crippen molar-refractivity contribution < 1.29 is 14.3 Å². The lowest BCUT2D eigenvalue weighted by molar-refractivity contribution is -0.121. The summed E-state index contributed by atoms with van der Waals surface area (Å²) in [6.45, 7) is 3.00. The monoisotopic (exact) mass is 367 g/mol. The first-order chi connectivity index (χ1) is 13.0. The maximum absolute atomic E-state index is 13.0. The minimum absolute atomic E-state index is 0.00698. The van der Waals surface area contributed by atoms with Crippen molar-refractivity contribution in [2.45, 2.75) is 31.9 Å². The number of benzene rings is 1. The van der Waals surface area contributed by atoms with Crippen LogP contribution >= 0.6 is 0 Å². The van der Waals surface area contributed by atoms with Gasteiger partial charge in [-0.05, 0) is 36.8 Å². The third-order valence-corrected chi connectivity index (χ3v) is 5.93. The molecule has 0 bridgehead atoms. The predicted molar refractivity (Wildman–Crippen MR) is 102 cm³/mol. The van der Waals surface area contributed by atoms with E-state index in [-0.39, 0.29) is 24.0 Å². The van der Waals surface area contributed by atoms with Crippen molar-refractivity contribution in [1.29, 1.82) is 0 Å². The summed E-state index contributed by atoms with van der Waals surface area (Å²) in [6, 6.07) is 9.76. The SMILES string of the molecule is CO[C@@H]1C[C@H]2CN(C(=O)c3cnc4ccccc4c3)C[C@H]2C[C@H]1NC(C)=O. The molecule has 1 aromatic heterocycles. The fraction of sp³-hybridized carbons (Fsp3) is 0.476. The molecule has 4 rings (SSSR count). The second-order valence-corrected chi connectivity index (χ2v) is 7.70. The Morgan fingerprint density at radius 2 is 1.93 bits per heavy atom. The van der Waals surface area contributed by atoms with Crippen molar-refractivity contribution in [1.82, 2.24) is 15.2 Å². The molecule has 1 aromatic carbocycles. The van der Waals surface area contributed by atoms with Crippen LogP contribution in [0.1, 0.15) is 30.1 Å². The van der Waals surface area contributed by atoms with Gasteiger partial charge in [0.15, 0.2) is 0 Å². The van der Waals surface area contributed by atoms with Crippen LogP contribution in [0.3, 0.4) is 0 Å². The highest BCUT2D eigenvalue weighted by atomic mass is 16.5. The summed E-state index contributed by atoms with van der Waals surface area (Å²) in [4.78, 5) is 30.9. The number of hydrogen-bond donors (Lipinski definition) is 1. The van der Waals surface area contributed by atoms with Gasteiger partial charge in [0.25, 0.3) is 5.91 Å². The van der Waals surface area contributed by atoms with E-state index >= 15 is 0 Å². The summed E-state index contributed by atoms with van der Waals surface area (Å²) in [5.74, 6) is 0.810. The van der Waals surface area contributed by atoms with E-state index in [1.54, 1.807) is 13.3 Å². The highest BCUT2D eigenvalue weighted by Crippen LogP contribution is 2.38. The first-order valence-electron chi connectivity index (χ1n) is 9.49. The van der Waals surface area contributed by atoms with Gasteiger partial charge in [-0.1, -0.05) is 18.2 Å². The Labute approximate surface area is 158 Å². The molecule has 1 N–H and O–H groups in total. The molecule has 4 atom stereocenters. The number of ether oxygens (including phenoxy) is 1. The molecule has 1 aliphatic heterocycles. The number of aromatic nitrogens is 1. The van der Waals surface area contributed by atoms with E-state index < -0.39 is 0 Å². The summed E-state index contributed by atoms with van der Waals surface area (Å²) in [5.41, 5.74) is 1.53. The minimum Gasteiger partial charge on any atom is -0.379 e. The molecule has 1 aliphatic carbocycles. The number of likely N-dealkylation sites (tertiary alicyclic amines) is 1. The van der Waals surface area contributed by atoms with Gasteiger partial charge in [0.1, 0.15) is 0 Å². The van der Waals surface area contributed by atoms with Gasteiger partial charge in [0.05, 0.1) is 23.2 Å². The number of pyridine rings is 1. The van der Waals surface area contributed by atoms with Gasteiger partial charge in [0.2, 0.25) is 5.91 Å². The number of nitrogens with one attached hydrogen (secondary N) is 1. The van der Waals surface area contributed by atoms with Crippen LogP contribution in [-0.2, 0) is 9.53 Å². The van der Waals surface area contributed by atoms with Crippen molar-refractivity contribution >= 4 is 22.7 Å². The summed E-state index contributed by atoms with van der Waals surface area (Å²) < 4.78 is 5.61. The number of methoxy groups -OCH3 is 1. The van der Waals surface area contributed by atoms with Crippen LogP contribution in [0.4, 0.5) is 0 Å². The van der Waals surface area contributed by atoms with Crippen LogP contribution < -0.4 is 5.32 Å². The van der Waals surface area contributed by atoms with Crippen LogP contribution in [0.25, 0.3) is 10.9 Å². The van der Waals surface area contributed by atoms with Crippen LogP contribution in [0.2, 0.25) is 0 Å². The van der Waals surface area contributed by atoms with Crippen LogP contribution in [0.15, 0.2) is 36.5 Å². The molecule has 0 unspecified atom stereocenters. The first kappa shape index (κ1) is 17.9. The van der Waals surface area contributed by atoms with E-state index in [1.807, 2.05) is 35.2 Å². The van der Waals surface area contributed by atoms with Crippen molar-refractivity contribution in [3.63, 3.8) is 0 Å². The fourth-order valence-electron chi connectivity index (χ4n) is 4.62. The summed E-state index contributed by atoms with van der Waals surface area (Å²) in [6.07, 6.45) is 3.39. The molecule has 2 fully saturated rings. The van der Waals surface area contributed by atoms with Crippen molar-refractivity contribution in [3.05, 3.63) is 42.1 Å². The highest BCUT2D eigenvalue weighted by Gasteiger charge is 2.44. The van der Waals surface area contributed by atoms with Crippen molar-refractivity contribution in [2.24, 2.45) is 11.8 Å². The number of hydrogen-bond acceptors (Lipinski definition) is 4. The number of para-hydroxylation sites is 1. The Morgan fingerprint density at radius 1 is 1.19 bits per heavy atom. The average molecular weight is 367 g/mol. The summed E-state index contributed by atoms with van der Waals surface area (Å²) >= 11 is 0. The zero-order valence-corrected chi connectivity index (χ0v) is 15.7. The maximum atomic E-state index is 13.0. The third kappa shape index (κ3) is 3.54. The van der Waals surface area contributed by atoms with Gasteiger partial charge in [-0.25, -0.2) is 0 Å². The number of carbonyl (C=O) groups is 2. The maximum Gasteiger partial charge on any atom is 0.255 e. The van der Waals surface area contributed by atoms with Gasteiger partial charge in [0, 0.05) is 38.7 Å². The molecule has 2 heterocycles. The number of amides is 2. The molecule has 1 saturated carbocycles. The normalized spacial score (nSPS) is 27.4. The van der Waals surface area contributed by atoms with E-state index in [0.29, 0.717) is 17.4 Å². The standard InChI is InChI=1S/C21H25N3O3/c1-13(25)23-19-8-16-11-24(12-17(16)9-20(19)27-2)21(26)15-7-14-5-3-4-6-18(14)22-10-15/h3-7,10,16-17,19-20H,8-9,11-12H2,1-2H3,(H,23,25)/t16-,17+,19-,20-/m1/s1. The van der Waals surface area contributed by atoms with Crippen LogP contribution in [0, 0.1) is 11.8 Å². The lowest BCUT2D eigenvalue weighted by atomic mass is 9.77. The molecule has 2 aliphatic rings. The molecule has 2 aromatic rings. The number of nitrogens with zero attached hydrogens (tertiary/aromatic N) is 2. The van der Waals surface area contributed by atoms with E-state index in [1.165, 1.54) is 6.92 Å². The van der Waals surface area contributed by atoms with E-state index in [4.69, 9.17) is 4.74 Å². The van der Waals surface area contributed by atoms with Crippen molar-refractivity contribution in [3.8, 4) is 0 Å². The molecule has 1 saturated heterocycles. The average Bonchev–Trinajstić information content (AvgIpc) is 3.08. The molecule has 27 heavy (non-hydrogen) atoms. The molecule has 0 radical (unpaired) electrons. The predicted octanol–water partition coefficient (Wildman–Crippen LogP) is 2.24. The van der Waals surface area contributed by atoms with Crippen LogP contribution in [0.5, 0.6) is 0 Å². The molecular weight excluding hydrogens is 342 g/mol. The van der Waals surface area contributed by atoms with Gasteiger partial charge in [-0.3, -0.25) is 14.6 Å². The summed E-state index contributed by atoms with van der Waals surface area (Å²) in [7, 11) is 1.69. The molecule has 6 heteroatoms. The minimum atomic E-state index is -0.0336. The Bertz CT molecular complexity index is 869. The van der Waals surface area contributed by atoms with E-state index in [2.05, 4.69) is 10.3 Å². The molecule has 142 valence electrons. The largest absolute Gasteiger partial charge is 0.379 e. The Balaban J connectivity index is 1.49. The van der Waals surface area contributed by atoms with E-state index in [9.17, 15) is 9.59 Å². The fourth-order valence-corrected chi connectivity index (χ4v) is 4.62. The number of fused-ring (bicyclic) bond motifs is 2. The van der Waals surface area contributed by atoms with Gasteiger partial charge >= 0.3 is 0 Å². The zero-order valence-electron chi connectivity index (χ0n) is 15.7. The molecular formula is C21H25N3O3. The van der Waals surface area contributed by atoms with E-state index in [0.717, 1.165) is 36.8 Å². The van der Waals surface area contributed by atoms with Gasteiger partial charge in [-0.2, -0.15) is 0 Å². The molecule has 6 nitrogen and oxygen atoms in total. The number of carbonyl (C=O) groups excluding carboxylic acids is 2. The Morgan fingerprint density at radius 3 is 2.67 bits per heavy atom. The topological polar surface area (TPSA) is 71.5 Å².